The molecule has 0 aliphatic heterocycles. The molecule has 7 nitrogen and oxygen atoms in total. The van der Waals surface area contributed by atoms with E-state index in [9.17, 15) is 0 Å². The van der Waals surface area contributed by atoms with Crippen LogP contribution in [0.4, 0.5) is 0 Å². The van der Waals surface area contributed by atoms with Gasteiger partial charge in [0, 0.05) is 106 Å². The summed E-state index contributed by atoms with van der Waals surface area (Å²) in [5.74, 6) is 2.25. The van der Waals surface area contributed by atoms with Crippen LogP contribution in [0.2, 0.25) is 322 Å². The smallest absolute Gasteiger partial charge is 0.413 e. The van der Waals surface area contributed by atoms with Crippen molar-refractivity contribution in [1.82, 2.24) is 9.56 Å². The van der Waals surface area contributed by atoms with Crippen molar-refractivity contribution < 1.29 is 9.05 Å². The number of hydrazone groups is 2. The average molecular weight is 2120 g/mol. The lowest BCUT2D eigenvalue weighted by Crippen LogP contribution is -2.44. The van der Waals surface area contributed by atoms with Crippen LogP contribution in [0.25, 0.3) is 0 Å². The van der Waals surface area contributed by atoms with Crippen LogP contribution in [0.15, 0.2) is 124 Å². The van der Waals surface area contributed by atoms with Gasteiger partial charge in [0.15, 0.2) is 0 Å². The van der Waals surface area contributed by atoms with Gasteiger partial charge in [-0.25, -0.2) is 9.56 Å². The minimum Gasteiger partial charge on any atom is -0.419 e. The highest BCUT2D eigenvalue weighted by Gasteiger charge is 2.46. The van der Waals surface area contributed by atoms with E-state index in [1.165, 1.54) is 242 Å². The Kier molecular flexibility index (Phi) is 49.1. The molecule has 0 atom stereocenters. The molecular formula is C92H181Cl4N5O2P4S3Si13. The lowest BCUT2D eigenvalue weighted by atomic mass is 10.2. The van der Waals surface area contributed by atoms with Crippen molar-refractivity contribution >= 4 is 232 Å². The molecule has 0 spiro atoms. The molecule has 4 aromatic rings. The van der Waals surface area contributed by atoms with Gasteiger partial charge < -0.3 is 9.05 Å². The molecule has 0 amide bonds. The Morgan fingerprint density at radius 2 is 0.463 bits per heavy atom. The van der Waals surface area contributed by atoms with Crippen molar-refractivity contribution in [1.29, 1.82) is 0 Å². The summed E-state index contributed by atoms with van der Waals surface area (Å²) in [7, 11) is -19.6. The van der Waals surface area contributed by atoms with E-state index in [0.29, 0.717) is 11.5 Å². The van der Waals surface area contributed by atoms with Gasteiger partial charge in [-0.1, -0.05) is 460 Å². The Morgan fingerprint density at radius 1 is 0.276 bits per heavy atom. The van der Waals surface area contributed by atoms with Crippen LogP contribution in [0.1, 0.15) is 88.2 Å². The number of nitrogens with zero attached hydrogens (tertiary/aromatic N) is 5. The van der Waals surface area contributed by atoms with E-state index in [2.05, 4.69) is 248 Å². The minimum absolute atomic E-state index is 0.593. The summed E-state index contributed by atoms with van der Waals surface area (Å²) in [5, 5.41) is 11.8. The van der Waals surface area contributed by atoms with Crippen molar-refractivity contribution in [3.05, 3.63) is 120 Å². The molecule has 0 fully saturated rings. The summed E-state index contributed by atoms with van der Waals surface area (Å²) in [6, 6.07) is 74.9. The number of rotatable bonds is 63. The Bertz CT molecular complexity index is 3540. The van der Waals surface area contributed by atoms with Gasteiger partial charge in [-0.15, -0.1) is 0 Å². The molecule has 704 valence electrons. The number of hydrogen-bond acceptors (Lipinski definition) is 7. The third-order valence-electron chi connectivity index (χ3n) is 25.8. The fourth-order valence-electron chi connectivity index (χ4n) is 18.8. The van der Waals surface area contributed by atoms with E-state index in [0.717, 1.165) is 16.9 Å². The standard InChI is InChI=1S/C92H181Cl4N5O2P4S3Si13/c1-100(105(93,94)108)97-84-87-52-56-89(57-53-87)102-107(110,103-90-58-54-88(55-59-90)85-98-101(2)106(95,96)109)99-104(91-48-32-30-33-49-91,92-50-34-31-35-51-92)86-123(81-45-78-120(69-36-60-111(3,4)5,70-37-61-112(6,7)8)71-38-62-113(9,10)11,82-46-79-121(72-39-63-114(12,13)14,73-40-64-115(15,16)17)74-41-65-116(18,19)20)83-47-80-122(75-42-66-117(21,22)23,76-43-67-118(24,25)26)77-44-68-119(27,28)29/h30-35,48-59,84-85H,36-47,60-83,86H2,1-29H3. The third kappa shape index (κ3) is 50.8. The topological polar surface area (TPSA) is 62.0 Å². The lowest BCUT2D eigenvalue weighted by molar-refractivity contribution is 0.489. The van der Waals surface area contributed by atoms with Crippen LogP contribution >= 0.6 is 68.4 Å². The van der Waals surface area contributed by atoms with Gasteiger partial charge in [0.05, 0.1) is 44.7 Å². The van der Waals surface area contributed by atoms with Crippen molar-refractivity contribution in [3.8, 4) is 11.5 Å². The quantitative estimate of drug-likeness (QED) is 0.0189. The fraction of sp³-hybridized carbons (Fsp3) is 0.717. The van der Waals surface area contributed by atoms with Crippen LogP contribution in [0.3, 0.4) is 0 Å². The van der Waals surface area contributed by atoms with Gasteiger partial charge in [-0.05, 0) is 145 Å². The maximum Gasteiger partial charge on any atom is 0.413 e. The third-order valence-corrected chi connectivity index (χ3v) is 80.2. The van der Waals surface area contributed by atoms with E-state index in [1.54, 1.807) is 26.5 Å². The van der Waals surface area contributed by atoms with E-state index in [4.69, 9.17) is 93.9 Å². The normalized spacial score (nSPS) is 14.5. The van der Waals surface area contributed by atoms with Gasteiger partial charge in [0.2, 0.25) is 9.79 Å². The van der Waals surface area contributed by atoms with Gasteiger partial charge in [-0.2, -0.15) is 14.7 Å². The molecule has 4 aromatic carbocycles. The van der Waals surface area contributed by atoms with Gasteiger partial charge in [0.25, 0.3) is 0 Å². The predicted molar refractivity (Wildman–Crippen MR) is 621 cm³/mol. The Labute approximate surface area is 807 Å². The summed E-state index contributed by atoms with van der Waals surface area (Å²) >= 11 is 44.4. The van der Waals surface area contributed by atoms with Crippen LogP contribution < -0.4 is 19.7 Å². The molecule has 0 heterocycles. The molecule has 31 heteroatoms. The van der Waals surface area contributed by atoms with Crippen LogP contribution in [-0.4, -0.2) is 147 Å². The molecule has 0 saturated carbocycles. The molecular weight excluding hydrogens is 1930 g/mol. The van der Waals surface area contributed by atoms with Crippen molar-refractivity contribution in [2.75, 3.05) is 19.9 Å². The Hall–Kier alpha value is 1.58. The first-order chi connectivity index (χ1) is 56.3. The van der Waals surface area contributed by atoms with Crippen molar-refractivity contribution in [2.24, 2.45) is 14.7 Å². The number of hydrogen-bond donors (Lipinski definition) is 0. The van der Waals surface area contributed by atoms with Crippen LogP contribution in [-0.2, 0) is 35.4 Å². The largest absolute Gasteiger partial charge is 0.419 e. The molecule has 0 aromatic heterocycles. The maximum absolute atomic E-state index is 7.67. The van der Waals surface area contributed by atoms with E-state index in [-0.39, 0.29) is 0 Å². The second-order valence-electron chi connectivity index (χ2n) is 49.1. The number of halogens is 4. The molecule has 123 heavy (non-hydrogen) atoms. The van der Waals surface area contributed by atoms with E-state index < -0.39 is 128 Å². The summed E-state index contributed by atoms with van der Waals surface area (Å²) in [6.45, 7) is 67.9. The maximum atomic E-state index is 7.67. The van der Waals surface area contributed by atoms with Crippen molar-refractivity contribution in [3.63, 3.8) is 0 Å². The molecule has 0 aliphatic carbocycles. The van der Waals surface area contributed by atoms with E-state index >= 15 is 0 Å². The highest BCUT2D eigenvalue weighted by molar-refractivity contribution is 8.38. The zero-order valence-corrected chi connectivity index (χ0v) is 106. The zero-order chi connectivity index (χ0) is 93.0. The highest BCUT2D eigenvalue weighted by atomic mass is 35.9. The van der Waals surface area contributed by atoms with E-state index in [1.807, 2.05) is 48.5 Å². The van der Waals surface area contributed by atoms with Crippen LogP contribution in [0.5, 0.6) is 11.5 Å². The molecule has 0 saturated heterocycles. The predicted octanol–water partition coefficient (Wildman–Crippen LogP) is 37.2. The molecule has 0 radical (unpaired) electrons. The summed E-state index contributed by atoms with van der Waals surface area (Å²) in [6.07, 6.45) is 20.5. The van der Waals surface area contributed by atoms with Gasteiger partial charge >= 0.3 is 6.64 Å². The summed E-state index contributed by atoms with van der Waals surface area (Å²) < 4.78 is 25.1. The lowest BCUT2D eigenvalue weighted by Gasteiger charge is -2.42. The molecule has 0 unspecified atom stereocenters. The monoisotopic (exact) mass is 2110 g/mol. The summed E-state index contributed by atoms with van der Waals surface area (Å²) in [5.41, 5.74) is 1.68. The second-order valence-corrected chi connectivity index (χ2v) is 142. The summed E-state index contributed by atoms with van der Waals surface area (Å²) in [4.78, 5) is -5.70. The number of benzene rings is 4. The second kappa shape index (κ2) is 51.7. The fourth-order valence-corrected chi connectivity index (χ4v) is 69.1. The Balaban J connectivity index is 2.45. The SMILES string of the molecule is CN(N=Cc1ccc(OP(=S)(N=P(C[Si](CCC[Si](CCC[Si](C)(C)C)(CCC[Si](C)(C)C)CCC[Si](C)(C)C)(CCC[Si](CCC[Si](C)(C)C)(CCC[Si](C)(C)C)CCC[Si](C)(C)C)CCC[Si](CCC[Si](C)(C)C)(CCC[Si](C)(C)C)CCC[Si](C)(C)C)(c2ccccc2)c2ccccc2)Oc2ccc(C=NN(C)P(=S)(Cl)Cl)cc2)cc1)P(=S)(Cl)Cl. The first-order valence-electron chi connectivity index (χ1n) is 47.8. The van der Waals surface area contributed by atoms with Crippen LogP contribution in [0, 0.1) is 0 Å². The molecule has 0 aliphatic rings. The minimum atomic E-state index is -3.83. The average Bonchev–Trinajstić information content (AvgIpc) is 0.743. The van der Waals surface area contributed by atoms with Gasteiger partial charge in [-0.3, -0.25) is 0 Å². The Morgan fingerprint density at radius 3 is 0.650 bits per heavy atom. The molecule has 0 bridgehead atoms. The van der Waals surface area contributed by atoms with Crippen molar-refractivity contribution in [2.45, 2.75) is 399 Å². The first kappa shape index (κ1) is 117. The zero-order valence-electron chi connectivity index (χ0n) is 83.8. The first-order valence-corrected chi connectivity index (χ1v) is 106. The molecule has 0 N–H and O–H groups in total. The van der Waals surface area contributed by atoms with Gasteiger partial charge in [0.1, 0.15) is 11.5 Å². The highest BCUT2D eigenvalue weighted by Crippen LogP contribution is 2.65. The molecule has 4 rings (SSSR count).